The highest BCUT2D eigenvalue weighted by Gasteiger charge is 2.29. The van der Waals surface area contributed by atoms with Crippen molar-refractivity contribution in [2.24, 2.45) is 0 Å². The predicted octanol–water partition coefficient (Wildman–Crippen LogP) is 6.13. The third-order valence-electron chi connectivity index (χ3n) is 5.14. The largest absolute Gasteiger partial charge is 0.487 e. The summed E-state index contributed by atoms with van der Waals surface area (Å²) in [6, 6.07) is 10.1. The van der Waals surface area contributed by atoms with Gasteiger partial charge in [-0.1, -0.05) is 18.2 Å². The third kappa shape index (κ3) is 7.99. The van der Waals surface area contributed by atoms with Gasteiger partial charge in [-0.15, -0.1) is 0 Å². The van der Waals surface area contributed by atoms with Crippen molar-refractivity contribution in [3.63, 3.8) is 0 Å². The molecule has 3 rings (SSSR count). The molecule has 0 aliphatic carbocycles. The summed E-state index contributed by atoms with van der Waals surface area (Å²) in [6.45, 7) is 3.64. The van der Waals surface area contributed by atoms with E-state index in [0.717, 1.165) is 23.3 Å². The van der Waals surface area contributed by atoms with Crippen LogP contribution in [0, 0.1) is 6.92 Å². The number of aliphatic hydroxyl groups is 1. The predicted molar refractivity (Wildman–Crippen MR) is 123 cm³/mol. The Labute approximate surface area is 201 Å². The van der Waals surface area contributed by atoms with Gasteiger partial charge in [-0.2, -0.15) is 13.2 Å². The second-order valence-electron chi connectivity index (χ2n) is 7.94. The second-order valence-corrected chi connectivity index (χ2v) is 7.94. The first-order chi connectivity index (χ1) is 16.6. The number of aromatic nitrogens is 1. The normalized spacial score (nSPS) is 12.6. The molecule has 0 amide bonds. The Morgan fingerprint density at radius 3 is 2.57 bits per heavy atom. The first kappa shape index (κ1) is 26.0. The lowest BCUT2D eigenvalue weighted by molar-refractivity contribution is -0.141. The Bertz CT molecular complexity index is 1150. The second kappa shape index (κ2) is 11.7. The minimum absolute atomic E-state index is 0.154. The number of aryl methyl sites for hydroxylation is 1. The molecule has 9 heteroatoms. The summed E-state index contributed by atoms with van der Waals surface area (Å²) >= 11 is 0. The number of hydrogen-bond acceptors (Lipinski definition) is 6. The molecule has 1 aromatic heterocycles. The summed E-state index contributed by atoms with van der Waals surface area (Å²) in [5.41, 5.74) is 2.06. The zero-order valence-corrected chi connectivity index (χ0v) is 19.3. The Morgan fingerprint density at radius 1 is 1.17 bits per heavy atom. The molecule has 35 heavy (non-hydrogen) atoms. The SMILES string of the molecule is CC(=O)OCCCC(O)c1ccc(OCc2coc(/C=C/c3ccc(C(F)(F)F)cc3)n2)cc1C. The molecular formula is C26H26F3NO5. The van der Waals surface area contributed by atoms with Crippen LogP contribution in [-0.2, 0) is 22.3 Å². The number of halogens is 3. The molecule has 0 saturated carbocycles. The van der Waals surface area contributed by atoms with Crippen LogP contribution in [0.5, 0.6) is 5.75 Å². The van der Waals surface area contributed by atoms with E-state index in [9.17, 15) is 23.1 Å². The fourth-order valence-electron chi connectivity index (χ4n) is 3.33. The van der Waals surface area contributed by atoms with Crippen LogP contribution in [0.15, 0.2) is 53.1 Å². The summed E-state index contributed by atoms with van der Waals surface area (Å²) < 4.78 is 53.9. The van der Waals surface area contributed by atoms with Gasteiger partial charge in [0, 0.05) is 13.0 Å². The van der Waals surface area contributed by atoms with Gasteiger partial charge in [0.15, 0.2) is 0 Å². The molecule has 2 aromatic carbocycles. The van der Waals surface area contributed by atoms with E-state index in [1.54, 1.807) is 24.3 Å². The van der Waals surface area contributed by atoms with Crippen LogP contribution in [0.4, 0.5) is 13.2 Å². The zero-order valence-electron chi connectivity index (χ0n) is 19.3. The molecule has 6 nitrogen and oxygen atoms in total. The van der Waals surface area contributed by atoms with Crippen molar-refractivity contribution in [3.8, 4) is 5.75 Å². The topological polar surface area (TPSA) is 81.8 Å². The number of nitrogens with zero attached hydrogens (tertiary/aromatic N) is 1. The fourth-order valence-corrected chi connectivity index (χ4v) is 3.33. The Balaban J connectivity index is 1.51. The number of carbonyl (C=O) groups excluding carboxylic acids is 1. The number of ether oxygens (including phenoxy) is 2. The van der Waals surface area contributed by atoms with E-state index in [0.29, 0.717) is 35.7 Å². The van der Waals surface area contributed by atoms with Crippen molar-refractivity contribution in [1.82, 2.24) is 4.98 Å². The van der Waals surface area contributed by atoms with Gasteiger partial charge in [-0.3, -0.25) is 4.79 Å². The molecular weight excluding hydrogens is 463 g/mol. The highest BCUT2D eigenvalue weighted by molar-refractivity contribution is 5.66. The average Bonchev–Trinajstić information content (AvgIpc) is 3.26. The van der Waals surface area contributed by atoms with Gasteiger partial charge in [0.2, 0.25) is 5.89 Å². The van der Waals surface area contributed by atoms with Crippen LogP contribution in [-0.4, -0.2) is 22.7 Å². The molecule has 0 fully saturated rings. The van der Waals surface area contributed by atoms with E-state index in [2.05, 4.69) is 4.98 Å². The lowest BCUT2D eigenvalue weighted by Crippen LogP contribution is -2.05. The number of carbonyl (C=O) groups is 1. The van der Waals surface area contributed by atoms with Crippen molar-refractivity contribution in [2.75, 3.05) is 6.61 Å². The zero-order chi connectivity index (χ0) is 25.4. The van der Waals surface area contributed by atoms with E-state index in [-0.39, 0.29) is 19.2 Å². The quantitative estimate of drug-likeness (QED) is 0.273. The van der Waals surface area contributed by atoms with Gasteiger partial charge in [0.1, 0.15) is 24.3 Å². The Morgan fingerprint density at radius 2 is 1.91 bits per heavy atom. The fraction of sp³-hybridized carbons (Fsp3) is 0.308. The van der Waals surface area contributed by atoms with Gasteiger partial charge in [-0.25, -0.2) is 4.98 Å². The van der Waals surface area contributed by atoms with Gasteiger partial charge in [0.25, 0.3) is 0 Å². The molecule has 0 aliphatic heterocycles. The van der Waals surface area contributed by atoms with Crippen LogP contribution in [0.2, 0.25) is 0 Å². The molecule has 0 aliphatic rings. The minimum atomic E-state index is -4.37. The third-order valence-corrected chi connectivity index (χ3v) is 5.14. The first-order valence-electron chi connectivity index (χ1n) is 11.0. The number of benzene rings is 2. The molecule has 1 unspecified atom stereocenters. The van der Waals surface area contributed by atoms with Crippen LogP contribution >= 0.6 is 0 Å². The average molecular weight is 489 g/mol. The number of esters is 1. The summed E-state index contributed by atoms with van der Waals surface area (Å²) in [7, 11) is 0. The van der Waals surface area contributed by atoms with Crippen molar-refractivity contribution in [1.29, 1.82) is 0 Å². The van der Waals surface area contributed by atoms with Gasteiger partial charge in [-0.05, 0) is 66.8 Å². The van der Waals surface area contributed by atoms with Gasteiger partial charge in [0.05, 0.1) is 18.3 Å². The number of aliphatic hydroxyl groups excluding tert-OH is 1. The van der Waals surface area contributed by atoms with Crippen LogP contribution in [0.3, 0.4) is 0 Å². The molecule has 1 N–H and O–H groups in total. The Hall–Kier alpha value is -3.59. The van der Waals surface area contributed by atoms with E-state index >= 15 is 0 Å². The van der Waals surface area contributed by atoms with E-state index < -0.39 is 17.8 Å². The smallest absolute Gasteiger partial charge is 0.416 e. The van der Waals surface area contributed by atoms with Crippen LogP contribution in [0.25, 0.3) is 12.2 Å². The molecule has 0 saturated heterocycles. The summed E-state index contributed by atoms with van der Waals surface area (Å²) in [5, 5.41) is 10.4. The van der Waals surface area contributed by atoms with Crippen molar-refractivity contribution < 1.29 is 37.0 Å². The van der Waals surface area contributed by atoms with E-state index in [4.69, 9.17) is 13.9 Å². The summed E-state index contributed by atoms with van der Waals surface area (Å²) in [5.74, 6) is 0.557. The molecule has 186 valence electrons. The highest BCUT2D eigenvalue weighted by atomic mass is 19.4. The molecule has 3 aromatic rings. The van der Waals surface area contributed by atoms with Crippen LogP contribution in [0.1, 0.15) is 59.7 Å². The minimum Gasteiger partial charge on any atom is -0.487 e. The number of alkyl halides is 3. The highest BCUT2D eigenvalue weighted by Crippen LogP contribution is 2.29. The molecule has 1 atom stereocenters. The lowest BCUT2D eigenvalue weighted by atomic mass is 10.00. The maximum atomic E-state index is 12.6. The van der Waals surface area contributed by atoms with Crippen molar-refractivity contribution in [3.05, 3.63) is 82.6 Å². The number of oxazole rings is 1. The lowest BCUT2D eigenvalue weighted by Gasteiger charge is -2.15. The monoisotopic (exact) mass is 489 g/mol. The van der Waals surface area contributed by atoms with Gasteiger partial charge >= 0.3 is 12.1 Å². The van der Waals surface area contributed by atoms with E-state index in [1.165, 1.54) is 25.3 Å². The standard InChI is InChI=1S/C26H26F3NO5/c1-17-14-22(10-11-23(17)24(32)4-3-13-33-18(2)31)34-15-21-16-35-25(30-21)12-7-19-5-8-20(9-6-19)26(27,28)29/h5-12,14,16,24,32H,3-4,13,15H2,1-2H3/b12-7+. The first-order valence-corrected chi connectivity index (χ1v) is 11.0. The molecule has 0 bridgehead atoms. The van der Waals surface area contributed by atoms with Crippen molar-refractivity contribution in [2.45, 2.75) is 45.6 Å². The summed E-state index contributed by atoms with van der Waals surface area (Å²) in [6.07, 6.45) is 0.597. The number of rotatable bonds is 10. The Kier molecular flexibility index (Phi) is 8.70. The maximum Gasteiger partial charge on any atom is 0.416 e. The van der Waals surface area contributed by atoms with Crippen molar-refractivity contribution >= 4 is 18.1 Å². The maximum absolute atomic E-state index is 12.6. The molecule has 0 spiro atoms. The molecule has 1 heterocycles. The number of hydrogen-bond donors (Lipinski definition) is 1. The molecule has 0 radical (unpaired) electrons. The van der Waals surface area contributed by atoms with Crippen LogP contribution < -0.4 is 4.74 Å². The van der Waals surface area contributed by atoms with Gasteiger partial charge < -0.3 is 19.0 Å². The van der Waals surface area contributed by atoms with E-state index in [1.807, 2.05) is 13.0 Å². The summed E-state index contributed by atoms with van der Waals surface area (Å²) in [4.78, 5) is 15.1.